The van der Waals surface area contributed by atoms with Crippen LogP contribution < -0.4 is 0 Å². The first-order valence-electron chi connectivity index (χ1n) is 8.11. The van der Waals surface area contributed by atoms with Gasteiger partial charge in [-0.05, 0) is 30.4 Å². The van der Waals surface area contributed by atoms with Crippen molar-refractivity contribution in [3.05, 3.63) is 65.6 Å². The first-order chi connectivity index (χ1) is 11.8. The summed E-state index contributed by atoms with van der Waals surface area (Å²) in [7, 11) is 0. The Morgan fingerprint density at radius 1 is 1.29 bits per heavy atom. The standard InChI is InChI=1S/C19H18N2O2S/c22-19(17-13-24-18(20-17)16-7-9-23-12-16)21-8-6-15(11-21)10-14-4-2-1-3-5-14/h1-5,7,9,12-13,15H,6,8,10-11H2. The Kier molecular flexibility index (Phi) is 4.17. The fourth-order valence-electron chi connectivity index (χ4n) is 3.18. The molecule has 1 unspecified atom stereocenters. The van der Waals surface area contributed by atoms with Gasteiger partial charge in [-0.2, -0.15) is 0 Å². The van der Waals surface area contributed by atoms with E-state index in [-0.39, 0.29) is 5.91 Å². The highest BCUT2D eigenvalue weighted by atomic mass is 32.1. The smallest absolute Gasteiger partial charge is 0.273 e. The minimum absolute atomic E-state index is 0.0385. The van der Waals surface area contributed by atoms with Crippen molar-refractivity contribution < 1.29 is 9.21 Å². The summed E-state index contributed by atoms with van der Waals surface area (Å²) in [4.78, 5) is 19.1. The largest absolute Gasteiger partial charge is 0.472 e. The minimum Gasteiger partial charge on any atom is -0.472 e. The number of aromatic nitrogens is 1. The van der Waals surface area contributed by atoms with Gasteiger partial charge < -0.3 is 9.32 Å². The molecule has 1 fully saturated rings. The molecule has 0 N–H and O–H groups in total. The number of carbonyl (C=O) groups excluding carboxylic acids is 1. The molecule has 122 valence electrons. The maximum atomic E-state index is 12.7. The molecule has 3 aromatic rings. The maximum absolute atomic E-state index is 12.7. The number of rotatable bonds is 4. The molecule has 4 nitrogen and oxygen atoms in total. The van der Waals surface area contributed by atoms with Gasteiger partial charge in [0.2, 0.25) is 0 Å². The predicted octanol–water partition coefficient (Wildman–Crippen LogP) is 4.11. The van der Waals surface area contributed by atoms with Crippen molar-refractivity contribution >= 4 is 17.2 Å². The molecule has 4 rings (SSSR count). The molecule has 1 amide bonds. The summed E-state index contributed by atoms with van der Waals surface area (Å²) in [6.07, 6.45) is 5.35. The van der Waals surface area contributed by atoms with Crippen molar-refractivity contribution in [3.8, 4) is 10.6 Å². The zero-order valence-electron chi connectivity index (χ0n) is 13.2. The molecule has 2 aromatic heterocycles. The quantitative estimate of drug-likeness (QED) is 0.719. The third-order valence-corrected chi connectivity index (χ3v) is 5.32. The van der Waals surface area contributed by atoms with Crippen LogP contribution in [-0.4, -0.2) is 28.9 Å². The lowest BCUT2D eigenvalue weighted by Crippen LogP contribution is -2.29. The average Bonchev–Trinajstić information content (AvgIpc) is 3.36. The molecule has 0 aliphatic carbocycles. The van der Waals surface area contributed by atoms with E-state index in [1.807, 2.05) is 22.4 Å². The Morgan fingerprint density at radius 2 is 2.17 bits per heavy atom. The van der Waals surface area contributed by atoms with E-state index in [4.69, 9.17) is 4.42 Å². The number of thiazole rings is 1. The van der Waals surface area contributed by atoms with E-state index in [1.165, 1.54) is 16.9 Å². The first-order valence-corrected chi connectivity index (χ1v) is 8.99. The summed E-state index contributed by atoms with van der Waals surface area (Å²) in [5, 5.41) is 2.67. The van der Waals surface area contributed by atoms with Gasteiger partial charge in [-0.1, -0.05) is 30.3 Å². The fraction of sp³-hybridized carbons (Fsp3) is 0.263. The minimum atomic E-state index is 0.0385. The Labute approximate surface area is 144 Å². The van der Waals surface area contributed by atoms with Crippen molar-refractivity contribution in [1.82, 2.24) is 9.88 Å². The Bertz CT molecular complexity index is 811. The van der Waals surface area contributed by atoms with Gasteiger partial charge in [0, 0.05) is 24.0 Å². The second kappa shape index (κ2) is 6.61. The summed E-state index contributed by atoms with van der Waals surface area (Å²) in [6, 6.07) is 12.3. The van der Waals surface area contributed by atoms with Crippen LogP contribution in [0.15, 0.2) is 58.7 Å². The van der Waals surface area contributed by atoms with Gasteiger partial charge in [0.25, 0.3) is 5.91 Å². The average molecular weight is 338 g/mol. The third kappa shape index (κ3) is 3.12. The van der Waals surface area contributed by atoms with Crippen LogP contribution >= 0.6 is 11.3 Å². The van der Waals surface area contributed by atoms with Gasteiger partial charge in [0.15, 0.2) is 0 Å². The molecule has 1 aliphatic heterocycles. The molecule has 0 saturated carbocycles. The number of carbonyl (C=O) groups is 1. The number of hydrogen-bond donors (Lipinski definition) is 0. The molecule has 1 atom stereocenters. The number of hydrogen-bond acceptors (Lipinski definition) is 4. The lowest BCUT2D eigenvalue weighted by atomic mass is 9.99. The van der Waals surface area contributed by atoms with Crippen LogP contribution in [0.1, 0.15) is 22.5 Å². The third-order valence-electron chi connectivity index (χ3n) is 4.43. The molecule has 5 heteroatoms. The molecule has 1 aromatic carbocycles. The van der Waals surface area contributed by atoms with Crippen LogP contribution in [-0.2, 0) is 6.42 Å². The highest BCUT2D eigenvalue weighted by molar-refractivity contribution is 7.13. The molecule has 3 heterocycles. The Morgan fingerprint density at radius 3 is 2.96 bits per heavy atom. The summed E-state index contributed by atoms with van der Waals surface area (Å²) in [5.41, 5.74) is 2.80. The number of furan rings is 1. The second-order valence-corrected chi connectivity index (χ2v) is 7.00. The van der Waals surface area contributed by atoms with Crippen LogP contribution in [0.4, 0.5) is 0 Å². The lowest BCUT2D eigenvalue weighted by molar-refractivity contribution is 0.0782. The molecule has 24 heavy (non-hydrogen) atoms. The number of likely N-dealkylation sites (tertiary alicyclic amines) is 1. The van der Waals surface area contributed by atoms with Gasteiger partial charge in [-0.3, -0.25) is 4.79 Å². The zero-order valence-corrected chi connectivity index (χ0v) is 14.0. The number of amides is 1. The number of benzene rings is 1. The van der Waals surface area contributed by atoms with Crippen LogP contribution in [0.3, 0.4) is 0 Å². The second-order valence-electron chi connectivity index (χ2n) is 6.15. The van der Waals surface area contributed by atoms with Crippen molar-refractivity contribution in [2.75, 3.05) is 13.1 Å². The normalized spacial score (nSPS) is 17.3. The fourth-order valence-corrected chi connectivity index (χ4v) is 3.96. The van der Waals surface area contributed by atoms with Gasteiger partial charge in [-0.15, -0.1) is 11.3 Å². The van der Waals surface area contributed by atoms with Gasteiger partial charge in [0.05, 0.1) is 6.26 Å². The highest BCUT2D eigenvalue weighted by Crippen LogP contribution is 2.26. The Hall–Kier alpha value is -2.40. The van der Waals surface area contributed by atoms with E-state index >= 15 is 0 Å². The molecule has 0 spiro atoms. The van der Waals surface area contributed by atoms with Gasteiger partial charge in [0.1, 0.15) is 17.0 Å². The van der Waals surface area contributed by atoms with Crippen LogP contribution in [0.25, 0.3) is 10.6 Å². The molecule has 1 aliphatic rings. The van der Waals surface area contributed by atoms with Gasteiger partial charge >= 0.3 is 0 Å². The number of nitrogens with zero attached hydrogens (tertiary/aromatic N) is 2. The summed E-state index contributed by atoms with van der Waals surface area (Å²) >= 11 is 1.48. The van der Waals surface area contributed by atoms with Crippen molar-refractivity contribution in [2.45, 2.75) is 12.8 Å². The first kappa shape index (κ1) is 15.1. The van der Waals surface area contributed by atoms with Crippen molar-refractivity contribution in [2.24, 2.45) is 5.92 Å². The van der Waals surface area contributed by atoms with Crippen LogP contribution in [0.5, 0.6) is 0 Å². The van der Waals surface area contributed by atoms with E-state index < -0.39 is 0 Å². The summed E-state index contributed by atoms with van der Waals surface area (Å²) < 4.78 is 5.08. The molecular formula is C19H18N2O2S. The van der Waals surface area contributed by atoms with E-state index in [0.717, 1.165) is 36.5 Å². The predicted molar refractivity (Wildman–Crippen MR) is 94.0 cm³/mol. The van der Waals surface area contributed by atoms with E-state index in [0.29, 0.717) is 11.6 Å². The van der Waals surface area contributed by atoms with Crippen molar-refractivity contribution in [1.29, 1.82) is 0 Å². The monoisotopic (exact) mass is 338 g/mol. The Balaban J connectivity index is 1.41. The van der Waals surface area contributed by atoms with E-state index in [9.17, 15) is 4.79 Å². The van der Waals surface area contributed by atoms with Crippen molar-refractivity contribution in [3.63, 3.8) is 0 Å². The van der Waals surface area contributed by atoms with E-state index in [1.54, 1.807) is 12.5 Å². The maximum Gasteiger partial charge on any atom is 0.273 e. The lowest BCUT2D eigenvalue weighted by Gasteiger charge is -2.15. The van der Waals surface area contributed by atoms with E-state index in [2.05, 4.69) is 29.2 Å². The summed E-state index contributed by atoms with van der Waals surface area (Å²) in [6.45, 7) is 1.63. The van der Waals surface area contributed by atoms with Crippen LogP contribution in [0.2, 0.25) is 0 Å². The molecule has 1 saturated heterocycles. The zero-order chi connectivity index (χ0) is 16.4. The molecule has 0 radical (unpaired) electrons. The highest BCUT2D eigenvalue weighted by Gasteiger charge is 2.28. The summed E-state index contributed by atoms with van der Waals surface area (Å²) in [5.74, 6) is 0.569. The topological polar surface area (TPSA) is 46.3 Å². The molecular weight excluding hydrogens is 320 g/mol. The van der Waals surface area contributed by atoms with Crippen LogP contribution in [0, 0.1) is 5.92 Å². The SMILES string of the molecule is O=C(c1csc(-c2ccoc2)n1)N1CCC(Cc2ccccc2)C1. The molecule has 0 bridgehead atoms. The van der Waals surface area contributed by atoms with Gasteiger partial charge in [-0.25, -0.2) is 4.98 Å².